The Labute approximate surface area is 222 Å². The molecule has 8 atom stereocenters. The maximum Gasteiger partial charge on any atom is 0.160 e. The summed E-state index contributed by atoms with van der Waals surface area (Å²) in [7, 11) is 0. The second-order valence-electron chi connectivity index (χ2n) is 10.3. The van der Waals surface area contributed by atoms with Crippen LogP contribution in [0.2, 0.25) is 0 Å². The molecule has 0 aromatic heterocycles. The van der Waals surface area contributed by atoms with E-state index in [-0.39, 0.29) is 43.0 Å². The van der Waals surface area contributed by atoms with Crippen molar-refractivity contribution in [2.24, 2.45) is 28.8 Å². The van der Waals surface area contributed by atoms with Crippen LogP contribution >= 0.6 is 0 Å². The van der Waals surface area contributed by atoms with Gasteiger partial charge in [-0.25, -0.2) is 0 Å². The van der Waals surface area contributed by atoms with Gasteiger partial charge in [0.2, 0.25) is 0 Å². The lowest BCUT2D eigenvalue weighted by atomic mass is 9.79. The molecule has 202 valence electrons. The van der Waals surface area contributed by atoms with Gasteiger partial charge in [-0.1, -0.05) is 100 Å². The first-order valence-electron chi connectivity index (χ1n) is 13.5. The quantitative estimate of drug-likeness (QED) is 0.154. The van der Waals surface area contributed by atoms with Crippen molar-refractivity contribution in [2.75, 3.05) is 13.2 Å². The van der Waals surface area contributed by atoms with Crippen molar-refractivity contribution in [3.8, 4) is 0 Å². The average Bonchev–Trinajstić information content (AvgIpc) is 2.93. The van der Waals surface area contributed by atoms with Crippen molar-refractivity contribution in [1.29, 1.82) is 0 Å². The normalized spacial score (nSPS) is 26.1. The molecule has 0 saturated carbocycles. The zero-order valence-electron chi connectivity index (χ0n) is 22.9. The minimum atomic E-state index is -0.384. The minimum absolute atomic E-state index is 0.00939. The first kappa shape index (κ1) is 29.2. The Balaban J connectivity index is 1.56. The number of ether oxygens (including phenoxy) is 4. The Hall–Kier alpha value is -2.41. The van der Waals surface area contributed by atoms with Crippen molar-refractivity contribution in [2.45, 2.75) is 78.8 Å². The minimum Gasteiger partial charge on any atom is -0.374 e. The summed E-state index contributed by atoms with van der Waals surface area (Å²) in [6, 6.07) is 19.9. The fraction of sp³-hybridized carbons (Fsp3) is 0.600. The number of hydrogen-bond acceptors (Lipinski definition) is 5. The van der Waals surface area contributed by atoms with Crippen molar-refractivity contribution in [3.05, 3.63) is 82.2 Å². The van der Waals surface area contributed by atoms with Crippen LogP contribution in [0.1, 0.15) is 52.2 Å². The van der Waals surface area contributed by atoms with Crippen molar-refractivity contribution < 1.29 is 18.9 Å². The second kappa shape index (κ2) is 15.1. The maximum atomic E-state index is 9.26. The highest BCUT2D eigenvalue weighted by atomic mass is 16.7. The first-order chi connectivity index (χ1) is 17.9. The summed E-state index contributed by atoms with van der Waals surface area (Å²) in [6.45, 7) is 12.7. The van der Waals surface area contributed by atoms with Crippen LogP contribution < -0.4 is 0 Å². The molecule has 1 heterocycles. The van der Waals surface area contributed by atoms with Crippen LogP contribution in [-0.2, 0) is 32.2 Å². The third-order valence-corrected chi connectivity index (χ3v) is 7.91. The Morgan fingerprint density at radius 3 is 2.14 bits per heavy atom. The molecule has 0 aliphatic carbocycles. The van der Waals surface area contributed by atoms with Gasteiger partial charge in [0.25, 0.3) is 0 Å². The molecule has 5 unspecified atom stereocenters. The smallest absolute Gasteiger partial charge is 0.160 e. The van der Waals surface area contributed by atoms with E-state index in [0.29, 0.717) is 31.7 Å². The van der Waals surface area contributed by atoms with Gasteiger partial charge < -0.3 is 18.9 Å². The molecule has 0 bridgehead atoms. The number of azide groups is 1. The average molecular weight is 510 g/mol. The predicted molar refractivity (Wildman–Crippen MR) is 146 cm³/mol. The summed E-state index contributed by atoms with van der Waals surface area (Å²) in [6.07, 6.45) is 0.317. The van der Waals surface area contributed by atoms with Gasteiger partial charge in [0.05, 0.1) is 44.7 Å². The Bertz CT molecular complexity index is 954. The lowest BCUT2D eigenvalue weighted by molar-refractivity contribution is -0.259. The molecule has 0 amide bonds. The highest BCUT2D eigenvalue weighted by Gasteiger charge is 2.40. The van der Waals surface area contributed by atoms with Gasteiger partial charge in [-0.3, -0.25) is 0 Å². The molecule has 0 radical (unpaired) electrons. The Kier molecular flexibility index (Phi) is 11.9. The zero-order valence-corrected chi connectivity index (χ0v) is 22.9. The molecule has 7 nitrogen and oxygen atoms in total. The molecule has 0 spiro atoms. The summed E-state index contributed by atoms with van der Waals surface area (Å²) in [4.78, 5) is 3.11. The zero-order chi connectivity index (χ0) is 26.6. The van der Waals surface area contributed by atoms with Gasteiger partial charge in [-0.05, 0) is 40.8 Å². The molecular weight excluding hydrogens is 466 g/mol. The third kappa shape index (κ3) is 8.56. The van der Waals surface area contributed by atoms with Gasteiger partial charge >= 0.3 is 0 Å². The number of nitrogens with zero attached hydrogens (tertiary/aromatic N) is 3. The third-order valence-electron chi connectivity index (χ3n) is 7.91. The molecule has 1 saturated heterocycles. The van der Waals surface area contributed by atoms with Gasteiger partial charge in [-0.2, -0.15) is 0 Å². The summed E-state index contributed by atoms with van der Waals surface area (Å²) in [5.41, 5.74) is 11.5. The molecule has 2 aromatic rings. The van der Waals surface area contributed by atoms with E-state index >= 15 is 0 Å². The van der Waals surface area contributed by atoms with Crippen LogP contribution in [0.5, 0.6) is 0 Å². The molecule has 37 heavy (non-hydrogen) atoms. The van der Waals surface area contributed by atoms with Gasteiger partial charge in [0, 0.05) is 10.8 Å². The van der Waals surface area contributed by atoms with E-state index in [0.717, 1.165) is 17.5 Å². The van der Waals surface area contributed by atoms with Crippen molar-refractivity contribution >= 4 is 0 Å². The van der Waals surface area contributed by atoms with Crippen molar-refractivity contribution in [1.82, 2.24) is 0 Å². The summed E-state index contributed by atoms with van der Waals surface area (Å²) in [5.74, 6) is 0.939. The number of benzene rings is 2. The topological polar surface area (TPSA) is 85.7 Å². The van der Waals surface area contributed by atoms with Crippen LogP contribution in [0.15, 0.2) is 65.8 Å². The predicted octanol–water partition coefficient (Wildman–Crippen LogP) is 7.16. The second-order valence-corrected chi connectivity index (χ2v) is 10.3. The van der Waals surface area contributed by atoms with E-state index in [4.69, 9.17) is 18.9 Å². The SMILES string of the molecule is CC[C@@H](OCc1ccccc1)[C@@H](C)[C@H](COC1OC(COCc2ccccc2)C(C)C(C)C1C)N=[N+]=[N-]. The highest BCUT2D eigenvalue weighted by molar-refractivity contribution is 5.14. The standard InChI is InChI=1S/C30H43N3O4/c1-6-28(35-18-26-15-11-8-12-16-26)24(5)27(32-33-31)19-36-30-23(4)21(2)22(3)29(37-30)20-34-17-25-13-9-7-10-14-25/h7-16,21-24,27-30H,6,17-20H2,1-5H3/t21?,22?,23?,24-,27-,28+,29?,30?/m0/s1. The molecule has 0 N–H and O–H groups in total. The largest absolute Gasteiger partial charge is 0.374 e. The Morgan fingerprint density at radius 1 is 0.919 bits per heavy atom. The van der Waals surface area contributed by atoms with Crippen LogP contribution in [0.3, 0.4) is 0 Å². The molecular formula is C30H43N3O4. The molecule has 7 heteroatoms. The van der Waals surface area contributed by atoms with E-state index in [1.165, 1.54) is 0 Å². The number of hydrogen-bond donors (Lipinski definition) is 0. The first-order valence-corrected chi connectivity index (χ1v) is 13.5. The molecule has 1 aliphatic heterocycles. The summed E-state index contributed by atoms with van der Waals surface area (Å²) in [5, 5.41) is 4.09. The van der Waals surface area contributed by atoms with E-state index in [1.807, 2.05) is 36.4 Å². The monoisotopic (exact) mass is 509 g/mol. The highest BCUT2D eigenvalue weighted by Crippen LogP contribution is 2.36. The van der Waals surface area contributed by atoms with Gasteiger partial charge in [0.1, 0.15) is 0 Å². The lowest BCUT2D eigenvalue weighted by Crippen LogP contribution is -2.48. The molecule has 1 aliphatic rings. The van der Waals surface area contributed by atoms with Gasteiger partial charge in [-0.15, -0.1) is 0 Å². The van der Waals surface area contributed by atoms with Crippen LogP contribution in [0.25, 0.3) is 10.4 Å². The summed E-state index contributed by atoms with van der Waals surface area (Å²) >= 11 is 0. The number of rotatable bonds is 14. The maximum absolute atomic E-state index is 9.26. The fourth-order valence-corrected chi connectivity index (χ4v) is 4.95. The van der Waals surface area contributed by atoms with E-state index < -0.39 is 0 Å². The van der Waals surface area contributed by atoms with Crippen LogP contribution in [-0.4, -0.2) is 37.8 Å². The van der Waals surface area contributed by atoms with Crippen LogP contribution in [0.4, 0.5) is 0 Å². The van der Waals surface area contributed by atoms with E-state index in [1.54, 1.807) is 0 Å². The molecule has 1 fully saturated rings. The lowest BCUT2D eigenvalue weighted by Gasteiger charge is -2.43. The van der Waals surface area contributed by atoms with Crippen LogP contribution in [0, 0.1) is 23.7 Å². The molecule has 2 aromatic carbocycles. The van der Waals surface area contributed by atoms with E-state index in [9.17, 15) is 5.53 Å². The molecule has 3 rings (SSSR count). The Morgan fingerprint density at radius 2 is 1.54 bits per heavy atom. The van der Waals surface area contributed by atoms with Crippen molar-refractivity contribution in [3.63, 3.8) is 0 Å². The summed E-state index contributed by atoms with van der Waals surface area (Å²) < 4.78 is 24.9. The van der Waals surface area contributed by atoms with Gasteiger partial charge in [0.15, 0.2) is 6.29 Å². The van der Waals surface area contributed by atoms with E-state index in [2.05, 4.69) is 68.9 Å². The fourth-order valence-electron chi connectivity index (χ4n) is 4.95.